The molecule has 0 atom stereocenters. The van der Waals surface area contributed by atoms with Crippen molar-refractivity contribution in [2.75, 3.05) is 24.3 Å². The van der Waals surface area contributed by atoms with Crippen molar-refractivity contribution in [3.8, 4) is 5.75 Å². The summed E-state index contributed by atoms with van der Waals surface area (Å²) in [5, 5.41) is 0. The molecular weight excluding hydrogens is 252 g/mol. The maximum atomic E-state index is 12.6. The van der Waals surface area contributed by atoms with Crippen LogP contribution in [-0.2, 0) is 6.42 Å². The van der Waals surface area contributed by atoms with Gasteiger partial charge in [0.2, 0.25) is 0 Å². The van der Waals surface area contributed by atoms with E-state index in [1.807, 2.05) is 30.3 Å². The van der Waals surface area contributed by atoms with Gasteiger partial charge in [0.15, 0.2) is 0 Å². The standard InChI is InChI=1S/C16H16N2O2/c1-20-15-10-12(6-7-14(15)17)18-9-8-11-4-2-3-5-13(11)16(18)19/h2-7,10H,8-9,17H2,1H3. The highest BCUT2D eigenvalue weighted by molar-refractivity contribution is 6.08. The van der Waals surface area contributed by atoms with Crippen molar-refractivity contribution >= 4 is 17.3 Å². The van der Waals surface area contributed by atoms with E-state index in [9.17, 15) is 4.79 Å². The number of methoxy groups -OCH3 is 1. The number of benzene rings is 2. The normalized spacial score (nSPS) is 14.1. The Labute approximate surface area is 117 Å². The Morgan fingerprint density at radius 1 is 1.20 bits per heavy atom. The van der Waals surface area contributed by atoms with Crippen molar-refractivity contribution in [3.05, 3.63) is 53.6 Å². The molecule has 1 aliphatic heterocycles. The smallest absolute Gasteiger partial charge is 0.258 e. The van der Waals surface area contributed by atoms with Crippen LogP contribution < -0.4 is 15.4 Å². The fourth-order valence-corrected chi connectivity index (χ4v) is 2.54. The summed E-state index contributed by atoms with van der Waals surface area (Å²) in [7, 11) is 1.57. The molecule has 2 aromatic carbocycles. The third-order valence-electron chi connectivity index (χ3n) is 3.63. The highest BCUT2D eigenvalue weighted by Gasteiger charge is 2.25. The summed E-state index contributed by atoms with van der Waals surface area (Å²) < 4.78 is 5.22. The number of amides is 1. The first kappa shape index (κ1) is 12.5. The van der Waals surface area contributed by atoms with Crippen LogP contribution in [-0.4, -0.2) is 19.6 Å². The maximum absolute atomic E-state index is 12.6. The molecule has 1 heterocycles. The minimum atomic E-state index is 0.0266. The van der Waals surface area contributed by atoms with Crippen molar-refractivity contribution < 1.29 is 9.53 Å². The zero-order valence-corrected chi connectivity index (χ0v) is 11.3. The Morgan fingerprint density at radius 2 is 2.00 bits per heavy atom. The largest absolute Gasteiger partial charge is 0.495 e. The van der Waals surface area contributed by atoms with E-state index < -0.39 is 0 Å². The second-order valence-corrected chi connectivity index (χ2v) is 4.79. The summed E-state index contributed by atoms with van der Waals surface area (Å²) in [6.07, 6.45) is 0.856. The maximum Gasteiger partial charge on any atom is 0.258 e. The molecule has 0 aliphatic carbocycles. The number of nitrogens with zero attached hydrogens (tertiary/aromatic N) is 1. The molecule has 0 bridgehead atoms. The first-order valence-corrected chi connectivity index (χ1v) is 6.54. The molecule has 0 spiro atoms. The van der Waals surface area contributed by atoms with Crippen LogP contribution in [0.25, 0.3) is 0 Å². The van der Waals surface area contributed by atoms with Crippen LogP contribution in [0.2, 0.25) is 0 Å². The Kier molecular flexibility index (Phi) is 3.06. The number of rotatable bonds is 2. The van der Waals surface area contributed by atoms with Gasteiger partial charge in [0.25, 0.3) is 5.91 Å². The molecule has 0 aromatic heterocycles. The molecule has 2 N–H and O–H groups in total. The van der Waals surface area contributed by atoms with E-state index in [1.54, 1.807) is 24.1 Å². The van der Waals surface area contributed by atoms with Crippen molar-refractivity contribution in [2.45, 2.75) is 6.42 Å². The van der Waals surface area contributed by atoms with Crippen molar-refractivity contribution in [1.29, 1.82) is 0 Å². The number of carbonyl (C=O) groups is 1. The van der Waals surface area contributed by atoms with Crippen molar-refractivity contribution in [3.63, 3.8) is 0 Å². The van der Waals surface area contributed by atoms with E-state index in [0.717, 1.165) is 23.2 Å². The zero-order chi connectivity index (χ0) is 14.1. The Balaban J connectivity index is 1.99. The predicted octanol–water partition coefficient (Wildman–Crippen LogP) is 2.48. The first-order chi connectivity index (χ1) is 9.70. The average molecular weight is 268 g/mol. The third kappa shape index (κ3) is 1.99. The fourth-order valence-electron chi connectivity index (χ4n) is 2.54. The monoisotopic (exact) mass is 268 g/mol. The van der Waals surface area contributed by atoms with Gasteiger partial charge in [-0.05, 0) is 30.2 Å². The first-order valence-electron chi connectivity index (χ1n) is 6.54. The number of nitrogens with two attached hydrogens (primary N) is 1. The molecule has 0 fully saturated rings. The SMILES string of the molecule is COc1cc(N2CCc3ccccc3C2=O)ccc1N. The van der Waals surface area contributed by atoms with Gasteiger partial charge in [0, 0.05) is 23.9 Å². The molecule has 3 rings (SSSR count). The molecule has 1 aliphatic rings. The number of ether oxygens (including phenoxy) is 1. The summed E-state index contributed by atoms with van der Waals surface area (Å²) in [5.41, 5.74) is 9.08. The number of hydrogen-bond donors (Lipinski definition) is 1. The van der Waals surface area contributed by atoms with Crippen LogP contribution in [0.3, 0.4) is 0 Å². The molecule has 0 radical (unpaired) electrons. The summed E-state index contributed by atoms with van der Waals surface area (Å²) in [6, 6.07) is 13.2. The van der Waals surface area contributed by atoms with Crippen LogP contribution in [0, 0.1) is 0 Å². The quantitative estimate of drug-likeness (QED) is 0.851. The minimum absolute atomic E-state index is 0.0266. The Hall–Kier alpha value is -2.49. The van der Waals surface area contributed by atoms with E-state index in [2.05, 4.69) is 0 Å². The molecule has 4 nitrogen and oxygen atoms in total. The second kappa shape index (κ2) is 4.89. The van der Waals surface area contributed by atoms with E-state index in [-0.39, 0.29) is 5.91 Å². The molecule has 1 amide bonds. The van der Waals surface area contributed by atoms with E-state index in [1.165, 1.54) is 0 Å². The van der Waals surface area contributed by atoms with Crippen molar-refractivity contribution in [1.82, 2.24) is 0 Å². The van der Waals surface area contributed by atoms with Gasteiger partial charge in [-0.25, -0.2) is 0 Å². The van der Waals surface area contributed by atoms with Crippen LogP contribution >= 0.6 is 0 Å². The van der Waals surface area contributed by atoms with Gasteiger partial charge in [-0.2, -0.15) is 0 Å². The van der Waals surface area contributed by atoms with Crippen LogP contribution in [0.5, 0.6) is 5.75 Å². The van der Waals surface area contributed by atoms with Crippen LogP contribution in [0.4, 0.5) is 11.4 Å². The summed E-state index contributed by atoms with van der Waals surface area (Å²) in [6.45, 7) is 0.670. The van der Waals surface area contributed by atoms with Gasteiger partial charge >= 0.3 is 0 Å². The van der Waals surface area contributed by atoms with Gasteiger partial charge in [-0.3, -0.25) is 4.79 Å². The number of hydrogen-bond acceptors (Lipinski definition) is 3. The Morgan fingerprint density at radius 3 is 2.80 bits per heavy atom. The molecular formula is C16H16N2O2. The van der Waals surface area contributed by atoms with E-state index in [4.69, 9.17) is 10.5 Å². The lowest BCUT2D eigenvalue weighted by Gasteiger charge is -2.29. The van der Waals surface area contributed by atoms with E-state index in [0.29, 0.717) is 18.0 Å². The van der Waals surface area contributed by atoms with Gasteiger partial charge < -0.3 is 15.4 Å². The van der Waals surface area contributed by atoms with Gasteiger partial charge in [-0.15, -0.1) is 0 Å². The minimum Gasteiger partial charge on any atom is -0.495 e. The summed E-state index contributed by atoms with van der Waals surface area (Å²) in [5.74, 6) is 0.618. The van der Waals surface area contributed by atoms with Crippen LogP contribution in [0.15, 0.2) is 42.5 Å². The van der Waals surface area contributed by atoms with Gasteiger partial charge in [0.05, 0.1) is 12.8 Å². The molecule has 102 valence electrons. The van der Waals surface area contributed by atoms with Gasteiger partial charge in [0.1, 0.15) is 5.75 Å². The fraction of sp³-hybridized carbons (Fsp3) is 0.188. The van der Waals surface area contributed by atoms with E-state index >= 15 is 0 Å². The van der Waals surface area contributed by atoms with Crippen LogP contribution in [0.1, 0.15) is 15.9 Å². The topological polar surface area (TPSA) is 55.6 Å². The summed E-state index contributed by atoms with van der Waals surface area (Å²) in [4.78, 5) is 14.3. The molecule has 4 heteroatoms. The molecule has 0 saturated heterocycles. The number of carbonyl (C=O) groups excluding carboxylic acids is 1. The van der Waals surface area contributed by atoms with Gasteiger partial charge in [-0.1, -0.05) is 18.2 Å². The lowest BCUT2D eigenvalue weighted by molar-refractivity contribution is 0.0980. The lowest BCUT2D eigenvalue weighted by atomic mass is 9.98. The zero-order valence-electron chi connectivity index (χ0n) is 11.3. The number of anilines is 2. The third-order valence-corrected chi connectivity index (χ3v) is 3.63. The highest BCUT2D eigenvalue weighted by atomic mass is 16.5. The average Bonchev–Trinajstić information content (AvgIpc) is 2.49. The molecule has 0 saturated carbocycles. The molecule has 20 heavy (non-hydrogen) atoms. The highest BCUT2D eigenvalue weighted by Crippen LogP contribution is 2.30. The molecule has 2 aromatic rings. The predicted molar refractivity (Wildman–Crippen MR) is 79.2 cm³/mol. The Bertz CT molecular complexity index is 667. The van der Waals surface area contributed by atoms with Crippen molar-refractivity contribution in [2.24, 2.45) is 0 Å². The number of fused-ring (bicyclic) bond motifs is 1. The number of nitrogen functional groups attached to an aromatic ring is 1. The lowest BCUT2D eigenvalue weighted by Crippen LogP contribution is -2.37. The summed E-state index contributed by atoms with van der Waals surface area (Å²) >= 11 is 0. The molecule has 0 unspecified atom stereocenters. The second-order valence-electron chi connectivity index (χ2n) is 4.79.